The Morgan fingerprint density at radius 1 is 1.21 bits per heavy atom. The first-order chi connectivity index (χ1) is 13.7. The molecule has 0 spiro atoms. The maximum Gasteiger partial charge on any atom is 0.274 e. The molecular formula is C22H27N5O. The smallest absolute Gasteiger partial charge is 0.274 e. The van der Waals surface area contributed by atoms with E-state index in [4.69, 9.17) is 4.98 Å². The summed E-state index contributed by atoms with van der Waals surface area (Å²) in [5.41, 5.74) is 5.24. The van der Waals surface area contributed by atoms with Gasteiger partial charge in [0.15, 0.2) is 5.69 Å². The topological polar surface area (TPSA) is 66.8 Å². The number of carbonyl (C=O) groups is 1. The highest BCUT2D eigenvalue weighted by Crippen LogP contribution is 2.27. The fraction of sp³-hybridized carbons (Fsp3) is 0.500. The first-order valence-corrected chi connectivity index (χ1v) is 10.5. The molecule has 6 nitrogen and oxygen atoms in total. The van der Waals surface area contributed by atoms with Gasteiger partial charge in [-0.15, -0.1) is 0 Å². The van der Waals surface area contributed by atoms with E-state index in [-0.39, 0.29) is 5.91 Å². The highest BCUT2D eigenvalue weighted by Gasteiger charge is 2.30. The van der Waals surface area contributed by atoms with Crippen molar-refractivity contribution in [3.05, 3.63) is 47.0 Å². The summed E-state index contributed by atoms with van der Waals surface area (Å²) in [7, 11) is 1.97. The van der Waals surface area contributed by atoms with Gasteiger partial charge >= 0.3 is 0 Å². The van der Waals surface area contributed by atoms with Crippen LogP contribution < -0.4 is 0 Å². The summed E-state index contributed by atoms with van der Waals surface area (Å²) >= 11 is 0. The molecule has 0 bridgehead atoms. The van der Waals surface area contributed by atoms with Crippen LogP contribution in [-0.2, 0) is 26.3 Å². The zero-order valence-corrected chi connectivity index (χ0v) is 16.4. The number of fused-ring (bicyclic) bond motifs is 2. The van der Waals surface area contributed by atoms with Crippen LogP contribution in [0.2, 0.25) is 0 Å². The van der Waals surface area contributed by atoms with Gasteiger partial charge in [-0.25, -0.2) is 4.98 Å². The maximum absolute atomic E-state index is 13.3. The minimum atomic E-state index is 0.119. The van der Waals surface area contributed by atoms with Crippen LogP contribution in [0, 0.1) is 5.92 Å². The van der Waals surface area contributed by atoms with Gasteiger partial charge in [-0.1, -0.05) is 12.1 Å². The predicted molar refractivity (Wildman–Crippen MR) is 108 cm³/mol. The maximum atomic E-state index is 13.3. The van der Waals surface area contributed by atoms with E-state index in [9.17, 15) is 4.79 Å². The van der Waals surface area contributed by atoms with Gasteiger partial charge in [-0.2, -0.15) is 5.10 Å². The molecule has 1 aromatic carbocycles. The lowest BCUT2D eigenvalue weighted by Crippen LogP contribution is -2.41. The average molecular weight is 377 g/mol. The molecule has 3 aromatic rings. The number of benzene rings is 1. The number of aryl methyl sites for hydroxylation is 1. The van der Waals surface area contributed by atoms with Crippen LogP contribution in [0.5, 0.6) is 0 Å². The number of H-pyrrole nitrogens is 1. The Balaban J connectivity index is 1.32. The van der Waals surface area contributed by atoms with E-state index in [2.05, 4.69) is 16.1 Å². The van der Waals surface area contributed by atoms with E-state index in [1.54, 1.807) is 0 Å². The lowest BCUT2D eigenvalue weighted by Gasteiger charge is -2.32. The Labute approximate surface area is 164 Å². The largest absolute Gasteiger partial charge is 0.342 e. The second-order valence-electron chi connectivity index (χ2n) is 8.27. The molecule has 5 rings (SSSR count). The van der Waals surface area contributed by atoms with Gasteiger partial charge in [0.1, 0.15) is 5.82 Å². The third kappa shape index (κ3) is 3.11. The molecule has 0 unspecified atom stereocenters. The second kappa shape index (κ2) is 7.08. The first kappa shape index (κ1) is 17.5. The summed E-state index contributed by atoms with van der Waals surface area (Å²) in [6, 6.07) is 8.14. The van der Waals surface area contributed by atoms with Gasteiger partial charge in [-0.05, 0) is 56.6 Å². The van der Waals surface area contributed by atoms with E-state index in [1.165, 1.54) is 17.7 Å². The van der Waals surface area contributed by atoms with Crippen molar-refractivity contribution in [2.75, 3.05) is 13.1 Å². The van der Waals surface area contributed by atoms with Crippen molar-refractivity contribution in [1.29, 1.82) is 0 Å². The summed E-state index contributed by atoms with van der Waals surface area (Å²) < 4.78 is 1.93. The molecule has 1 N–H and O–H groups in total. The molecule has 6 heteroatoms. The first-order valence-electron chi connectivity index (χ1n) is 10.5. The number of piperidine rings is 1. The highest BCUT2D eigenvalue weighted by atomic mass is 16.2. The molecule has 1 amide bonds. The van der Waals surface area contributed by atoms with Crippen LogP contribution in [0.3, 0.4) is 0 Å². The van der Waals surface area contributed by atoms with Gasteiger partial charge in [0.25, 0.3) is 5.91 Å². The summed E-state index contributed by atoms with van der Waals surface area (Å²) in [5, 5.41) is 4.61. The van der Waals surface area contributed by atoms with Crippen molar-refractivity contribution in [2.45, 2.75) is 44.9 Å². The Morgan fingerprint density at radius 3 is 2.96 bits per heavy atom. The summed E-state index contributed by atoms with van der Waals surface area (Å²) in [6.45, 7) is 1.63. The Morgan fingerprint density at radius 2 is 2.07 bits per heavy atom. The number of para-hydroxylation sites is 2. The molecule has 2 aromatic heterocycles. The summed E-state index contributed by atoms with van der Waals surface area (Å²) in [4.78, 5) is 23.4. The van der Waals surface area contributed by atoms with Crippen LogP contribution in [0.15, 0.2) is 24.3 Å². The van der Waals surface area contributed by atoms with Crippen molar-refractivity contribution < 1.29 is 4.79 Å². The highest BCUT2D eigenvalue weighted by molar-refractivity contribution is 5.94. The number of hydrogen-bond acceptors (Lipinski definition) is 3. The molecular weight excluding hydrogens is 350 g/mol. The van der Waals surface area contributed by atoms with Crippen LogP contribution in [0.25, 0.3) is 11.0 Å². The molecule has 1 saturated heterocycles. The van der Waals surface area contributed by atoms with Crippen LogP contribution in [-0.4, -0.2) is 43.6 Å². The van der Waals surface area contributed by atoms with Gasteiger partial charge in [-0.3, -0.25) is 9.48 Å². The molecule has 1 fully saturated rings. The number of aromatic nitrogens is 4. The number of nitrogens with zero attached hydrogens (tertiary/aromatic N) is 4. The van der Waals surface area contributed by atoms with Crippen LogP contribution in [0.4, 0.5) is 0 Å². The fourth-order valence-corrected chi connectivity index (χ4v) is 4.89. The number of imidazole rings is 1. The van der Waals surface area contributed by atoms with Gasteiger partial charge < -0.3 is 9.88 Å². The number of likely N-dealkylation sites (tertiary alicyclic amines) is 1. The van der Waals surface area contributed by atoms with Crippen LogP contribution in [0.1, 0.15) is 53.3 Å². The monoisotopic (exact) mass is 377 g/mol. The van der Waals surface area contributed by atoms with Gasteiger partial charge in [0, 0.05) is 37.8 Å². The number of aromatic amines is 1. The number of nitrogens with one attached hydrogen (secondary N) is 1. The number of carbonyl (C=O) groups excluding carboxylic acids is 1. The molecule has 1 atom stereocenters. The zero-order valence-electron chi connectivity index (χ0n) is 16.4. The zero-order chi connectivity index (χ0) is 19.1. The number of amides is 1. The van der Waals surface area contributed by atoms with E-state index in [1.807, 2.05) is 34.8 Å². The lowest BCUT2D eigenvalue weighted by atomic mass is 9.93. The minimum Gasteiger partial charge on any atom is -0.342 e. The SMILES string of the molecule is Cn1nc(C(=O)N2CCC[C@H](Cc3nc4ccccc4[nH]3)C2)c2c1CCCC2. The van der Waals surface area contributed by atoms with E-state index >= 15 is 0 Å². The number of hydrogen-bond donors (Lipinski definition) is 1. The van der Waals surface area contributed by atoms with E-state index < -0.39 is 0 Å². The van der Waals surface area contributed by atoms with Crippen molar-refractivity contribution in [1.82, 2.24) is 24.6 Å². The predicted octanol–water partition coefficient (Wildman–Crippen LogP) is 3.27. The van der Waals surface area contributed by atoms with Gasteiger partial charge in [0.05, 0.1) is 11.0 Å². The van der Waals surface area contributed by atoms with Crippen molar-refractivity contribution in [3.8, 4) is 0 Å². The number of rotatable bonds is 3. The molecule has 0 saturated carbocycles. The molecule has 146 valence electrons. The second-order valence-corrected chi connectivity index (χ2v) is 8.27. The van der Waals surface area contributed by atoms with Crippen molar-refractivity contribution in [3.63, 3.8) is 0 Å². The van der Waals surface area contributed by atoms with Crippen molar-refractivity contribution in [2.24, 2.45) is 13.0 Å². The third-order valence-electron chi connectivity index (χ3n) is 6.29. The molecule has 1 aliphatic carbocycles. The van der Waals surface area contributed by atoms with E-state index in [0.717, 1.165) is 68.5 Å². The third-order valence-corrected chi connectivity index (χ3v) is 6.29. The fourth-order valence-electron chi connectivity index (χ4n) is 4.89. The standard InChI is InChI=1S/C22H27N5O/c1-26-19-11-5-2-8-16(19)21(25-26)22(28)27-12-6-7-15(14-27)13-20-23-17-9-3-4-10-18(17)24-20/h3-4,9-10,15H,2,5-8,11-14H2,1H3,(H,23,24)/t15-/m1/s1. The Hall–Kier alpha value is -2.63. The molecule has 0 radical (unpaired) electrons. The average Bonchev–Trinajstić information content (AvgIpc) is 3.28. The van der Waals surface area contributed by atoms with Crippen LogP contribution >= 0.6 is 0 Å². The lowest BCUT2D eigenvalue weighted by molar-refractivity contribution is 0.0664. The van der Waals surface area contributed by atoms with Crippen molar-refractivity contribution >= 4 is 16.9 Å². The quantitative estimate of drug-likeness (QED) is 0.762. The van der Waals surface area contributed by atoms with E-state index in [0.29, 0.717) is 11.6 Å². The Bertz CT molecular complexity index is 984. The summed E-state index contributed by atoms with van der Waals surface area (Å²) in [6.07, 6.45) is 7.46. The normalized spacial score (nSPS) is 19.8. The molecule has 28 heavy (non-hydrogen) atoms. The molecule has 2 aliphatic rings. The van der Waals surface area contributed by atoms with Gasteiger partial charge in [0.2, 0.25) is 0 Å². The molecule has 3 heterocycles. The summed E-state index contributed by atoms with van der Waals surface area (Å²) in [5.74, 6) is 1.58. The molecule has 1 aliphatic heterocycles. The minimum absolute atomic E-state index is 0.119. The Kier molecular flexibility index (Phi) is 4.41.